The van der Waals surface area contributed by atoms with Crippen molar-refractivity contribution in [2.75, 3.05) is 44.3 Å². The number of rotatable bonds is 2. The van der Waals surface area contributed by atoms with Gasteiger partial charge >= 0.3 is 0 Å². The van der Waals surface area contributed by atoms with Crippen molar-refractivity contribution in [1.82, 2.24) is 9.88 Å². The molecule has 0 radical (unpaired) electrons. The summed E-state index contributed by atoms with van der Waals surface area (Å²) >= 11 is 1.47. The highest BCUT2D eigenvalue weighted by Crippen LogP contribution is 2.33. The first kappa shape index (κ1) is 13.9. The Kier molecular flexibility index (Phi) is 3.46. The minimum absolute atomic E-state index is 0.0434. The fraction of sp³-hybridized carbons (Fsp3) is 0.467. The second-order valence-electron chi connectivity index (χ2n) is 5.65. The second-order valence-corrected chi connectivity index (χ2v) is 6.66. The summed E-state index contributed by atoms with van der Waals surface area (Å²) in [5, 5.41) is 0.867. The van der Waals surface area contributed by atoms with Crippen molar-refractivity contribution in [3.63, 3.8) is 0 Å². The van der Waals surface area contributed by atoms with Crippen LogP contribution in [0.1, 0.15) is 0 Å². The third-order valence-corrected chi connectivity index (χ3v) is 5.24. The van der Waals surface area contributed by atoms with E-state index in [4.69, 9.17) is 4.74 Å². The average molecular weight is 321 g/mol. The Hall–Kier alpha value is -1.73. The van der Waals surface area contributed by atoms with E-state index in [-0.39, 0.29) is 17.6 Å². The van der Waals surface area contributed by atoms with Crippen molar-refractivity contribution < 1.29 is 13.9 Å². The van der Waals surface area contributed by atoms with Gasteiger partial charge in [-0.25, -0.2) is 9.37 Å². The summed E-state index contributed by atoms with van der Waals surface area (Å²) in [6, 6.07) is 4.63. The number of hydrogen-bond donors (Lipinski definition) is 0. The fourth-order valence-corrected chi connectivity index (χ4v) is 3.86. The standard InChI is InChI=1S/C15H16FN3O2S/c16-11-1-2-12-13(7-11)22-15(17-12)19-8-10(9-19)14(20)18-3-5-21-6-4-18/h1-2,7,10H,3-6,8-9H2. The summed E-state index contributed by atoms with van der Waals surface area (Å²) in [6.45, 7) is 4.03. The number of halogens is 1. The zero-order valence-corrected chi connectivity index (χ0v) is 12.8. The lowest BCUT2D eigenvalue weighted by Gasteiger charge is -2.41. The number of thiazole rings is 1. The Morgan fingerprint density at radius 2 is 2.09 bits per heavy atom. The van der Waals surface area contributed by atoms with E-state index in [1.165, 1.54) is 23.5 Å². The maximum atomic E-state index is 13.2. The number of hydrogen-bond acceptors (Lipinski definition) is 5. The Morgan fingerprint density at radius 1 is 1.32 bits per heavy atom. The molecule has 2 aromatic rings. The quantitative estimate of drug-likeness (QED) is 0.845. The first-order valence-corrected chi connectivity index (χ1v) is 8.20. The van der Waals surface area contributed by atoms with Gasteiger partial charge in [0.15, 0.2) is 5.13 Å². The van der Waals surface area contributed by atoms with Crippen molar-refractivity contribution in [1.29, 1.82) is 0 Å². The lowest BCUT2D eigenvalue weighted by Crippen LogP contribution is -2.56. The van der Waals surface area contributed by atoms with Gasteiger partial charge in [-0.1, -0.05) is 11.3 Å². The number of nitrogens with zero attached hydrogens (tertiary/aromatic N) is 3. The van der Waals surface area contributed by atoms with Crippen LogP contribution in [-0.2, 0) is 9.53 Å². The third kappa shape index (κ3) is 2.44. The van der Waals surface area contributed by atoms with Crippen LogP contribution in [0.2, 0.25) is 0 Å². The molecule has 22 heavy (non-hydrogen) atoms. The van der Waals surface area contributed by atoms with Crippen LogP contribution >= 0.6 is 11.3 Å². The van der Waals surface area contributed by atoms with Crippen LogP contribution in [0.3, 0.4) is 0 Å². The Bertz CT molecular complexity index is 708. The molecule has 1 aromatic heterocycles. The predicted molar refractivity (Wildman–Crippen MR) is 82.7 cm³/mol. The van der Waals surface area contributed by atoms with Crippen LogP contribution in [0.5, 0.6) is 0 Å². The maximum absolute atomic E-state index is 13.2. The summed E-state index contributed by atoms with van der Waals surface area (Å²) in [5.74, 6) is 0.0141. The van der Waals surface area contributed by atoms with Crippen LogP contribution in [0.25, 0.3) is 10.2 Å². The molecule has 2 aliphatic heterocycles. The lowest BCUT2D eigenvalue weighted by atomic mass is 9.99. The van der Waals surface area contributed by atoms with Gasteiger partial charge in [0.1, 0.15) is 5.82 Å². The van der Waals surface area contributed by atoms with Crippen LogP contribution in [-0.4, -0.2) is 55.2 Å². The van der Waals surface area contributed by atoms with E-state index in [1.807, 2.05) is 4.90 Å². The van der Waals surface area contributed by atoms with Gasteiger partial charge in [-0.05, 0) is 18.2 Å². The van der Waals surface area contributed by atoms with Crippen LogP contribution in [0, 0.1) is 11.7 Å². The number of aromatic nitrogens is 1. The monoisotopic (exact) mass is 321 g/mol. The van der Waals surface area contributed by atoms with Crippen LogP contribution in [0.15, 0.2) is 18.2 Å². The molecular formula is C15H16FN3O2S. The van der Waals surface area contributed by atoms with Crippen molar-refractivity contribution >= 4 is 32.6 Å². The normalized spacial score (nSPS) is 19.5. The number of anilines is 1. The zero-order valence-electron chi connectivity index (χ0n) is 12.0. The molecule has 0 saturated carbocycles. The smallest absolute Gasteiger partial charge is 0.229 e. The maximum Gasteiger partial charge on any atom is 0.229 e. The molecule has 0 atom stereocenters. The average Bonchev–Trinajstić information content (AvgIpc) is 2.89. The Labute approximate surface area is 131 Å². The summed E-state index contributed by atoms with van der Waals surface area (Å²) in [6.07, 6.45) is 0. The molecule has 2 saturated heterocycles. The Morgan fingerprint density at radius 3 is 2.86 bits per heavy atom. The van der Waals surface area contributed by atoms with Crippen LogP contribution < -0.4 is 4.90 Å². The topological polar surface area (TPSA) is 45.7 Å². The molecule has 0 aliphatic carbocycles. The van der Waals surface area contributed by atoms with Crippen molar-refractivity contribution in [2.24, 2.45) is 5.92 Å². The van der Waals surface area contributed by atoms with Gasteiger partial charge < -0.3 is 14.5 Å². The molecule has 1 aromatic carbocycles. The summed E-state index contributed by atoms with van der Waals surface area (Å²) in [5.41, 5.74) is 0.810. The van der Waals surface area contributed by atoms with Gasteiger partial charge in [0.25, 0.3) is 0 Å². The largest absolute Gasteiger partial charge is 0.378 e. The lowest BCUT2D eigenvalue weighted by molar-refractivity contribution is -0.140. The highest BCUT2D eigenvalue weighted by Gasteiger charge is 2.37. The van der Waals surface area contributed by atoms with Gasteiger partial charge in [-0.15, -0.1) is 0 Å². The second kappa shape index (κ2) is 5.48. The van der Waals surface area contributed by atoms with E-state index in [1.54, 1.807) is 6.07 Å². The first-order valence-electron chi connectivity index (χ1n) is 7.38. The highest BCUT2D eigenvalue weighted by molar-refractivity contribution is 7.22. The molecule has 0 unspecified atom stereocenters. The molecule has 4 rings (SSSR count). The van der Waals surface area contributed by atoms with Gasteiger partial charge in [0, 0.05) is 26.2 Å². The number of benzene rings is 1. The number of fused-ring (bicyclic) bond motifs is 1. The third-order valence-electron chi connectivity index (χ3n) is 4.16. The molecule has 2 fully saturated rings. The van der Waals surface area contributed by atoms with E-state index in [0.29, 0.717) is 39.4 Å². The Balaban J connectivity index is 1.42. The summed E-state index contributed by atoms with van der Waals surface area (Å²) in [4.78, 5) is 20.8. The molecule has 7 heteroatoms. The number of carbonyl (C=O) groups is 1. The molecule has 1 amide bonds. The molecular weight excluding hydrogens is 305 g/mol. The molecule has 0 N–H and O–H groups in total. The first-order chi connectivity index (χ1) is 10.7. The SMILES string of the molecule is O=C(C1CN(c2nc3ccc(F)cc3s2)C1)N1CCOCC1. The minimum Gasteiger partial charge on any atom is -0.378 e. The van der Waals surface area contributed by atoms with Gasteiger partial charge in [0.2, 0.25) is 5.91 Å². The van der Waals surface area contributed by atoms with Gasteiger partial charge in [-0.3, -0.25) is 4.79 Å². The van der Waals surface area contributed by atoms with E-state index in [2.05, 4.69) is 9.88 Å². The fourth-order valence-electron chi connectivity index (χ4n) is 2.85. The number of amides is 1. The highest BCUT2D eigenvalue weighted by atomic mass is 32.1. The van der Waals surface area contributed by atoms with E-state index in [9.17, 15) is 9.18 Å². The van der Waals surface area contributed by atoms with Crippen molar-refractivity contribution in [3.8, 4) is 0 Å². The van der Waals surface area contributed by atoms with Gasteiger partial charge in [-0.2, -0.15) is 0 Å². The van der Waals surface area contributed by atoms with E-state index >= 15 is 0 Å². The summed E-state index contributed by atoms with van der Waals surface area (Å²) < 4.78 is 19.3. The molecule has 0 bridgehead atoms. The van der Waals surface area contributed by atoms with Crippen molar-refractivity contribution in [2.45, 2.75) is 0 Å². The van der Waals surface area contributed by atoms with E-state index < -0.39 is 0 Å². The molecule has 0 spiro atoms. The van der Waals surface area contributed by atoms with Gasteiger partial charge in [0.05, 0.1) is 29.3 Å². The zero-order chi connectivity index (χ0) is 15.1. The summed E-state index contributed by atoms with van der Waals surface area (Å²) in [7, 11) is 0. The van der Waals surface area contributed by atoms with Crippen LogP contribution in [0.4, 0.5) is 9.52 Å². The van der Waals surface area contributed by atoms with E-state index in [0.717, 1.165) is 15.3 Å². The number of ether oxygens (including phenoxy) is 1. The number of morpholine rings is 1. The molecule has 2 aliphatic rings. The number of carbonyl (C=O) groups excluding carboxylic acids is 1. The predicted octanol–water partition coefficient (Wildman–Crippen LogP) is 1.73. The minimum atomic E-state index is -0.244. The molecule has 116 valence electrons. The van der Waals surface area contributed by atoms with Crippen molar-refractivity contribution in [3.05, 3.63) is 24.0 Å². The molecule has 3 heterocycles. The molecule has 5 nitrogen and oxygen atoms in total.